The molecule has 2 rings (SSSR count). The summed E-state index contributed by atoms with van der Waals surface area (Å²) in [5, 5.41) is 0. The molecule has 0 bridgehead atoms. The van der Waals surface area contributed by atoms with Gasteiger partial charge in [0.1, 0.15) is 0 Å². The van der Waals surface area contributed by atoms with Crippen molar-refractivity contribution >= 4 is 19.4 Å². The Morgan fingerprint density at radius 3 is 1.94 bits per heavy atom. The van der Waals surface area contributed by atoms with Gasteiger partial charge in [-0.15, -0.1) is 9.24 Å². The SMILES string of the molecule is PC(CCc1ccccc1)c1ccccc1.[Cl][Ni]. The molecule has 0 amide bonds. The third kappa shape index (κ3) is 5.53. The number of aryl methyl sites for hydroxylation is 1. The molecule has 0 nitrogen and oxygen atoms in total. The molecule has 0 saturated heterocycles. The summed E-state index contributed by atoms with van der Waals surface area (Å²) in [5.41, 5.74) is 3.38. The fourth-order valence-electron chi connectivity index (χ4n) is 1.83. The Balaban J connectivity index is 0.000000771. The molecule has 0 aliphatic rings. The molecule has 2 aromatic rings. The van der Waals surface area contributed by atoms with Crippen LogP contribution < -0.4 is 0 Å². The number of rotatable bonds is 4. The molecule has 0 radical (unpaired) electrons. The quantitative estimate of drug-likeness (QED) is 0.553. The van der Waals surface area contributed by atoms with Crippen LogP contribution in [-0.2, 0) is 21.0 Å². The van der Waals surface area contributed by atoms with Crippen LogP contribution in [0, 0.1) is 0 Å². The second kappa shape index (κ2) is 9.57. The second-order valence-corrected chi connectivity index (χ2v) is 4.85. The molecule has 0 N–H and O–H groups in total. The van der Waals surface area contributed by atoms with E-state index in [-0.39, 0.29) is 0 Å². The van der Waals surface area contributed by atoms with Crippen LogP contribution in [0.3, 0.4) is 0 Å². The Kier molecular flexibility index (Phi) is 8.35. The van der Waals surface area contributed by atoms with Crippen molar-refractivity contribution in [1.82, 2.24) is 0 Å². The van der Waals surface area contributed by atoms with Crippen LogP contribution in [-0.4, -0.2) is 0 Å². The number of hydrogen-bond donors (Lipinski definition) is 0. The van der Waals surface area contributed by atoms with Crippen LogP contribution in [0.2, 0.25) is 0 Å². The van der Waals surface area contributed by atoms with Gasteiger partial charge < -0.3 is 0 Å². The van der Waals surface area contributed by atoms with Crippen molar-refractivity contribution in [3.05, 3.63) is 71.8 Å². The summed E-state index contributed by atoms with van der Waals surface area (Å²) in [6.07, 6.45) is 2.32. The van der Waals surface area contributed by atoms with Crippen molar-refractivity contribution in [2.75, 3.05) is 0 Å². The van der Waals surface area contributed by atoms with Crippen molar-refractivity contribution in [2.24, 2.45) is 0 Å². The third-order valence-electron chi connectivity index (χ3n) is 2.81. The fourth-order valence-corrected chi connectivity index (χ4v) is 2.22. The zero-order valence-electron chi connectivity index (χ0n) is 10.0. The van der Waals surface area contributed by atoms with Gasteiger partial charge in [0.2, 0.25) is 0 Å². The average molecular weight is 322 g/mol. The van der Waals surface area contributed by atoms with Gasteiger partial charge in [-0.3, -0.25) is 0 Å². The number of halogens is 1. The van der Waals surface area contributed by atoms with Crippen molar-refractivity contribution in [1.29, 1.82) is 0 Å². The summed E-state index contributed by atoms with van der Waals surface area (Å²) < 4.78 is 0. The van der Waals surface area contributed by atoms with Gasteiger partial charge in [-0.05, 0) is 29.6 Å². The summed E-state index contributed by atoms with van der Waals surface area (Å²) >= 11 is 3.35. The molecule has 0 heterocycles. The van der Waals surface area contributed by atoms with Crippen molar-refractivity contribution in [2.45, 2.75) is 18.5 Å². The van der Waals surface area contributed by atoms with Crippen molar-refractivity contribution in [3.63, 3.8) is 0 Å². The van der Waals surface area contributed by atoms with Gasteiger partial charge >= 0.3 is 24.8 Å². The van der Waals surface area contributed by atoms with E-state index in [2.05, 4.69) is 94.7 Å². The predicted molar refractivity (Wildman–Crippen MR) is 79.5 cm³/mol. The molecular formula is C15H17ClNiP. The fraction of sp³-hybridized carbons (Fsp3) is 0.200. The maximum absolute atomic E-state index is 4.26. The molecule has 0 spiro atoms. The van der Waals surface area contributed by atoms with E-state index < -0.39 is 0 Å². The van der Waals surface area contributed by atoms with Crippen molar-refractivity contribution < 1.29 is 14.6 Å². The molecular weight excluding hydrogens is 305 g/mol. The number of hydrogen-bond acceptors (Lipinski definition) is 0. The molecule has 0 aromatic heterocycles. The van der Waals surface area contributed by atoms with E-state index in [1.54, 1.807) is 0 Å². The maximum atomic E-state index is 4.26. The minimum absolute atomic E-state index is 0.557. The van der Waals surface area contributed by atoms with Gasteiger partial charge in [-0.25, -0.2) is 0 Å². The first-order chi connectivity index (χ1) is 8.86. The first-order valence-corrected chi connectivity index (χ1v) is 7.85. The van der Waals surface area contributed by atoms with Crippen LogP contribution in [0.5, 0.6) is 0 Å². The Morgan fingerprint density at radius 2 is 1.39 bits per heavy atom. The summed E-state index contributed by atoms with van der Waals surface area (Å²) in [6.45, 7) is 0. The summed E-state index contributed by atoms with van der Waals surface area (Å²) in [6, 6.07) is 21.3. The Labute approximate surface area is 124 Å². The minimum atomic E-state index is 0.557. The molecule has 0 saturated carbocycles. The Hall–Kier alpha value is -0.346. The summed E-state index contributed by atoms with van der Waals surface area (Å²) in [7, 11) is 7.21. The van der Waals surface area contributed by atoms with Crippen LogP contribution in [0.1, 0.15) is 23.2 Å². The predicted octanol–water partition coefficient (Wildman–Crippen LogP) is 4.92. The standard InChI is InChI=1S/C15H17P.ClH.Ni/c16-15(14-9-5-2-6-10-14)12-11-13-7-3-1-4-8-13;;/h1-10,15H,11-12,16H2;1H;/q;;+1/p-1. The first-order valence-electron chi connectivity index (χ1n) is 5.82. The van der Waals surface area contributed by atoms with Gasteiger partial charge in [0.05, 0.1) is 0 Å². The molecule has 2 unspecified atom stereocenters. The van der Waals surface area contributed by atoms with E-state index in [9.17, 15) is 0 Å². The molecule has 99 valence electrons. The van der Waals surface area contributed by atoms with E-state index in [4.69, 9.17) is 0 Å². The van der Waals surface area contributed by atoms with Gasteiger partial charge in [0, 0.05) is 0 Å². The zero-order chi connectivity index (χ0) is 13.2. The van der Waals surface area contributed by atoms with Gasteiger partial charge in [0.15, 0.2) is 0 Å². The number of benzene rings is 2. The van der Waals surface area contributed by atoms with E-state index in [0.717, 1.165) is 6.42 Å². The van der Waals surface area contributed by atoms with Crippen molar-refractivity contribution in [3.8, 4) is 0 Å². The van der Waals surface area contributed by atoms with Gasteiger partial charge in [0.25, 0.3) is 0 Å². The Bertz CT molecular complexity index is 419. The third-order valence-corrected chi connectivity index (χ3v) is 3.53. The van der Waals surface area contributed by atoms with E-state index >= 15 is 0 Å². The zero-order valence-corrected chi connectivity index (χ0v) is 12.9. The van der Waals surface area contributed by atoms with Crippen LogP contribution in [0.4, 0.5) is 0 Å². The van der Waals surface area contributed by atoms with E-state index in [1.165, 1.54) is 17.5 Å². The molecule has 2 atom stereocenters. The van der Waals surface area contributed by atoms with E-state index in [1.807, 2.05) is 0 Å². The molecule has 0 aliphatic heterocycles. The van der Waals surface area contributed by atoms with Crippen LogP contribution >= 0.6 is 19.4 Å². The molecule has 2 aromatic carbocycles. The second-order valence-electron chi connectivity index (χ2n) is 4.04. The van der Waals surface area contributed by atoms with Gasteiger partial charge in [-0.2, -0.15) is 0 Å². The molecule has 0 aliphatic carbocycles. The Morgan fingerprint density at radius 1 is 0.889 bits per heavy atom. The van der Waals surface area contributed by atoms with Gasteiger partial charge in [-0.1, -0.05) is 60.7 Å². The normalized spacial score (nSPS) is 11.3. The molecule has 18 heavy (non-hydrogen) atoms. The summed E-state index contributed by atoms with van der Waals surface area (Å²) in [5.74, 6) is 0. The van der Waals surface area contributed by atoms with Crippen LogP contribution in [0.25, 0.3) is 0 Å². The molecule has 0 fully saturated rings. The monoisotopic (exact) mass is 321 g/mol. The summed E-state index contributed by atoms with van der Waals surface area (Å²) in [4.78, 5) is 0. The first kappa shape index (κ1) is 15.7. The topological polar surface area (TPSA) is 0 Å². The van der Waals surface area contributed by atoms with E-state index in [0.29, 0.717) is 5.66 Å². The van der Waals surface area contributed by atoms with Crippen LogP contribution in [0.15, 0.2) is 60.7 Å². The average Bonchev–Trinajstić information content (AvgIpc) is 2.49. The molecule has 3 heteroatoms.